The number of fused-ring (bicyclic) bond motifs is 1. The third kappa shape index (κ3) is 2.23. The van der Waals surface area contributed by atoms with Crippen molar-refractivity contribution in [3.8, 4) is 0 Å². The average Bonchev–Trinajstić information content (AvgIpc) is 2.64. The minimum absolute atomic E-state index is 0.0951. The van der Waals surface area contributed by atoms with Gasteiger partial charge in [0.05, 0.1) is 5.52 Å². The van der Waals surface area contributed by atoms with E-state index in [1.807, 2.05) is 0 Å². The molecule has 0 amide bonds. The molecule has 0 aliphatic heterocycles. The summed E-state index contributed by atoms with van der Waals surface area (Å²) in [5.41, 5.74) is 1.79. The monoisotopic (exact) mass is 247 g/mol. The molecule has 0 saturated heterocycles. The molecule has 18 heavy (non-hydrogen) atoms. The first-order valence-corrected chi connectivity index (χ1v) is 6.15. The number of aromatic nitrogens is 1. The SMILES string of the molecule is CCC(C)CC(=O)c1ccc2c(c1)oc(=O)n2C. The zero-order valence-electron chi connectivity index (χ0n) is 10.9. The number of rotatable bonds is 4. The molecule has 1 atom stereocenters. The van der Waals surface area contributed by atoms with Gasteiger partial charge in [0.15, 0.2) is 11.4 Å². The smallest absolute Gasteiger partial charge is 0.408 e. The number of Topliss-reactive ketones (excluding diaryl/α,β-unsaturated/α-hetero) is 1. The summed E-state index contributed by atoms with van der Waals surface area (Å²) in [6, 6.07) is 5.16. The molecule has 1 heterocycles. The summed E-state index contributed by atoms with van der Waals surface area (Å²) in [6.07, 6.45) is 1.51. The van der Waals surface area contributed by atoms with Crippen molar-refractivity contribution in [2.75, 3.05) is 0 Å². The van der Waals surface area contributed by atoms with Crippen molar-refractivity contribution in [3.05, 3.63) is 34.3 Å². The van der Waals surface area contributed by atoms with E-state index in [0.717, 1.165) is 6.42 Å². The summed E-state index contributed by atoms with van der Waals surface area (Å²) in [5.74, 6) is 0.0604. The Morgan fingerprint density at radius 2 is 2.17 bits per heavy atom. The lowest BCUT2D eigenvalue weighted by Gasteiger charge is -2.06. The van der Waals surface area contributed by atoms with Crippen LogP contribution in [0.3, 0.4) is 0 Å². The molecule has 2 rings (SSSR count). The third-order valence-electron chi connectivity index (χ3n) is 3.35. The Labute approximate surface area is 105 Å². The molecular weight excluding hydrogens is 230 g/mol. The fraction of sp³-hybridized carbons (Fsp3) is 0.429. The Balaban J connectivity index is 2.36. The van der Waals surface area contributed by atoms with Gasteiger partial charge < -0.3 is 4.42 Å². The van der Waals surface area contributed by atoms with Crippen molar-refractivity contribution >= 4 is 16.9 Å². The highest BCUT2D eigenvalue weighted by Gasteiger charge is 2.13. The lowest BCUT2D eigenvalue weighted by Crippen LogP contribution is -2.08. The van der Waals surface area contributed by atoms with Gasteiger partial charge in [-0.15, -0.1) is 0 Å². The first kappa shape index (κ1) is 12.6. The van der Waals surface area contributed by atoms with Crippen LogP contribution < -0.4 is 5.76 Å². The predicted molar refractivity (Wildman–Crippen MR) is 69.9 cm³/mol. The Bertz CT molecular complexity index is 636. The first-order valence-electron chi connectivity index (χ1n) is 6.15. The summed E-state index contributed by atoms with van der Waals surface area (Å²) in [7, 11) is 1.65. The van der Waals surface area contributed by atoms with Gasteiger partial charge in [-0.3, -0.25) is 9.36 Å². The average molecular weight is 247 g/mol. The second-order valence-electron chi connectivity index (χ2n) is 4.75. The Kier molecular flexibility index (Phi) is 3.36. The van der Waals surface area contributed by atoms with E-state index >= 15 is 0 Å². The number of carbonyl (C=O) groups is 1. The first-order chi connectivity index (χ1) is 8.52. The van der Waals surface area contributed by atoms with Gasteiger partial charge in [0, 0.05) is 19.0 Å². The molecule has 0 aliphatic rings. The molecule has 4 heteroatoms. The van der Waals surface area contributed by atoms with Crippen molar-refractivity contribution in [3.63, 3.8) is 0 Å². The molecule has 0 N–H and O–H groups in total. The number of ketones is 1. The Morgan fingerprint density at radius 3 is 2.83 bits per heavy atom. The molecule has 0 fully saturated rings. The summed E-state index contributed by atoms with van der Waals surface area (Å²) < 4.78 is 6.50. The van der Waals surface area contributed by atoms with Gasteiger partial charge in [-0.1, -0.05) is 20.3 Å². The molecule has 96 valence electrons. The quantitative estimate of drug-likeness (QED) is 0.780. The van der Waals surface area contributed by atoms with Crippen LogP contribution >= 0.6 is 0 Å². The van der Waals surface area contributed by atoms with Crippen molar-refractivity contribution in [1.29, 1.82) is 0 Å². The van der Waals surface area contributed by atoms with Crippen LogP contribution in [0.15, 0.2) is 27.4 Å². The van der Waals surface area contributed by atoms with E-state index in [0.29, 0.717) is 29.0 Å². The zero-order chi connectivity index (χ0) is 13.3. The van der Waals surface area contributed by atoms with Crippen LogP contribution in [0.4, 0.5) is 0 Å². The Morgan fingerprint density at radius 1 is 1.44 bits per heavy atom. The van der Waals surface area contributed by atoms with E-state index in [1.165, 1.54) is 4.57 Å². The fourth-order valence-corrected chi connectivity index (χ4v) is 1.89. The third-order valence-corrected chi connectivity index (χ3v) is 3.35. The van der Waals surface area contributed by atoms with Crippen LogP contribution in [0.1, 0.15) is 37.0 Å². The maximum absolute atomic E-state index is 12.0. The predicted octanol–water partition coefficient (Wildman–Crippen LogP) is 2.75. The van der Waals surface area contributed by atoms with Gasteiger partial charge in [-0.05, 0) is 24.1 Å². The topological polar surface area (TPSA) is 52.2 Å². The van der Waals surface area contributed by atoms with Crippen LogP contribution in [0, 0.1) is 5.92 Å². The number of benzene rings is 1. The lowest BCUT2D eigenvalue weighted by molar-refractivity contribution is 0.0963. The van der Waals surface area contributed by atoms with Crippen LogP contribution in [-0.2, 0) is 7.05 Å². The van der Waals surface area contributed by atoms with Gasteiger partial charge in [0.2, 0.25) is 0 Å². The van der Waals surface area contributed by atoms with Gasteiger partial charge in [-0.25, -0.2) is 4.79 Å². The molecule has 0 spiro atoms. The van der Waals surface area contributed by atoms with Crippen LogP contribution in [-0.4, -0.2) is 10.4 Å². The number of hydrogen-bond donors (Lipinski definition) is 0. The number of nitrogens with zero attached hydrogens (tertiary/aromatic N) is 1. The van der Waals surface area contributed by atoms with E-state index < -0.39 is 5.76 Å². The van der Waals surface area contributed by atoms with E-state index in [9.17, 15) is 9.59 Å². The maximum atomic E-state index is 12.0. The summed E-state index contributed by atoms with van der Waals surface area (Å²) in [4.78, 5) is 23.4. The lowest BCUT2D eigenvalue weighted by atomic mass is 9.98. The van der Waals surface area contributed by atoms with Crippen molar-refractivity contribution in [2.24, 2.45) is 13.0 Å². The highest BCUT2D eigenvalue weighted by molar-refractivity contribution is 5.98. The second kappa shape index (κ2) is 4.80. The van der Waals surface area contributed by atoms with Crippen molar-refractivity contribution < 1.29 is 9.21 Å². The highest BCUT2D eigenvalue weighted by atomic mass is 16.4. The van der Waals surface area contributed by atoms with E-state index in [1.54, 1.807) is 25.2 Å². The molecule has 0 bridgehead atoms. The molecule has 1 aromatic heterocycles. The van der Waals surface area contributed by atoms with E-state index in [2.05, 4.69) is 13.8 Å². The second-order valence-corrected chi connectivity index (χ2v) is 4.75. The van der Waals surface area contributed by atoms with Gasteiger partial charge >= 0.3 is 5.76 Å². The highest BCUT2D eigenvalue weighted by Crippen LogP contribution is 2.18. The van der Waals surface area contributed by atoms with Crippen LogP contribution in [0.2, 0.25) is 0 Å². The standard InChI is InChI=1S/C14H17NO3/c1-4-9(2)7-12(16)10-5-6-11-13(8-10)18-14(17)15(11)3/h5-6,8-9H,4,7H2,1-3H3. The molecule has 0 aliphatic carbocycles. The van der Waals surface area contributed by atoms with Crippen molar-refractivity contribution in [1.82, 2.24) is 4.57 Å². The largest absolute Gasteiger partial charge is 0.419 e. The fourth-order valence-electron chi connectivity index (χ4n) is 1.89. The number of aryl methyl sites for hydroxylation is 1. The summed E-state index contributed by atoms with van der Waals surface area (Å²) >= 11 is 0. The maximum Gasteiger partial charge on any atom is 0.419 e. The minimum Gasteiger partial charge on any atom is -0.408 e. The van der Waals surface area contributed by atoms with Crippen LogP contribution in [0.5, 0.6) is 0 Å². The summed E-state index contributed by atoms with van der Waals surface area (Å²) in [6.45, 7) is 4.12. The number of hydrogen-bond acceptors (Lipinski definition) is 3. The zero-order valence-corrected chi connectivity index (χ0v) is 10.9. The Hall–Kier alpha value is -1.84. The minimum atomic E-state index is -0.406. The molecule has 0 radical (unpaired) electrons. The van der Waals surface area contributed by atoms with Gasteiger partial charge in [0.25, 0.3) is 0 Å². The molecule has 1 unspecified atom stereocenters. The molecule has 4 nitrogen and oxygen atoms in total. The molecule has 0 saturated carbocycles. The van der Waals surface area contributed by atoms with Gasteiger partial charge in [0.1, 0.15) is 0 Å². The normalized spacial score (nSPS) is 12.8. The van der Waals surface area contributed by atoms with Crippen LogP contribution in [0.25, 0.3) is 11.1 Å². The summed E-state index contributed by atoms with van der Waals surface area (Å²) in [5, 5.41) is 0. The number of carbonyl (C=O) groups excluding carboxylic acids is 1. The molecule has 2 aromatic rings. The van der Waals surface area contributed by atoms with E-state index in [4.69, 9.17) is 4.42 Å². The van der Waals surface area contributed by atoms with Crippen molar-refractivity contribution in [2.45, 2.75) is 26.7 Å². The number of oxazole rings is 1. The molecular formula is C14H17NO3. The van der Waals surface area contributed by atoms with E-state index in [-0.39, 0.29) is 5.78 Å². The van der Waals surface area contributed by atoms with Gasteiger partial charge in [-0.2, -0.15) is 0 Å². The molecule has 1 aromatic carbocycles.